The fourth-order valence-electron chi connectivity index (χ4n) is 8.85. The van der Waals surface area contributed by atoms with Gasteiger partial charge in [-0.1, -0.05) is 39.3 Å². The Balaban J connectivity index is 1.40. The van der Waals surface area contributed by atoms with Gasteiger partial charge >= 0.3 is 0 Å². The van der Waals surface area contributed by atoms with E-state index in [0.29, 0.717) is 22.5 Å². The lowest BCUT2D eigenvalue weighted by Gasteiger charge is -2.61. The number of aryl methyl sites for hydroxylation is 1. The van der Waals surface area contributed by atoms with Crippen molar-refractivity contribution < 1.29 is 9.18 Å². The molecule has 1 aromatic carbocycles. The Hall–Kier alpha value is -1.18. The van der Waals surface area contributed by atoms with Crippen molar-refractivity contribution >= 4 is 5.78 Å². The van der Waals surface area contributed by atoms with Crippen LogP contribution in [0.5, 0.6) is 0 Å². The van der Waals surface area contributed by atoms with Crippen molar-refractivity contribution in [3.8, 4) is 0 Å². The average molecular weight is 411 g/mol. The predicted octanol–water partition coefficient (Wildman–Crippen LogP) is 7.61. The molecule has 4 aliphatic carbocycles. The van der Waals surface area contributed by atoms with Crippen molar-refractivity contribution in [1.82, 2.24) is 0 Å². The van der Waals surface area contributed by atoms with Gasteiger partial charge in [0.1, 0.15) is 5.82 Å². The molecule has 30 heavy (non-hydrogen) atoms. The normalized spacial score (nSPS) is 45.4. The van der Waals surface area contributed by atoms with Gasteiger partial charge in [0.25, 0.3) is 0 Å². The molecule has 1 nitrogen and oxygen atoms in total. The predicted molar refractivity (Wildman–Crippen MR) is 120 cm³/mol. The van der Waals surface area contributed by atoms with Gasteiger partial charge in [-0.15, -0.1) is 0 Å². The number of hydrogen-bond acceptors (Lipinski definition) is 1. The smallest absolute Gasteiger partial charge is 0.166 e. The Bertz CT molecular complexity index is 845. The summed E-state index contributed by atoms with van der Waals surface area (Å²) in [5, 5.41) is 0. The van der Waals surface area contributed by atoms with Gasteiger partial charge in [-0.25, -0.2) is 4.39 Å². The van der Waals surface area contributed by atoms with Crippen LogP contribution in [-0.2, 0) is 0 Å². The van der Waals surface area contributed by atoms with Crippen molar-refractivity contribution in [3.63, 3.8) is 0 Å². The number of benzene rings is 1. The van der Waals surface area contributed by atoms with E-state index in [4.69, 9.17) is 0 Å². The van der Waals surface area contributed by atoms with Crippen LogP contribution in [-0.4, -0.2) is 5.78 Å². The van der Waals surface area contributed by atoms with E-state index in [1.54, 1.807) is 13.0 Å². The van der Waals surface area contributed by atoms with Gasteiger partial charge in [0.05, 0.1) is 0 Å². The Kier molecular flexibility index (Phi) is 4.95. The van der Waals surface area contributed by atoms with Gasteiger partial charge in [0.15, 0.2) is 5.78 Å². The quantitative estimate of drug-likeness (QED) is 0.458. The lowest BCUT2D eigenvalue weighted by molar-refractivity contribution is -0.114. The van der Waals surface area contributed by atoms with Crippen molar-refractivity contribution in [2.45, 2.75) is 85.5 Å². The molecule has 4 saturated carbocycles. The molecule has 0 aromatic heterocycles. The molecule has 4 fully saturated rings. The van der Waals surface area contributed by atoms with Crippen LogP contribution in [0, 0.1) is 59.1 Å². The Morgan fingerprint density at radius 2 is 1.70 bits per heavy atom. The number of rotatable bonds is 2. The van der Waals surface area contributed by atoms with Crippen molar-refractivity contribution in [2.24, 2.45) is 46.3 Å². The zero-order chi connectivity index (χ0) is 21.3. The summed E-state index contributed by atoms with van der Waals surface area (Å²) < 4.78 is 14.2. The minimum atomic E-state index is -0.248. The summed E-state index contributed by atoms with van der Waals surface area (Å²) in [5.74, 6) is 4.17. The van der Waals surface area contributed by atoms with Crippen LogP contribution < -0.4 is 0 Å². The number of Topliss-reactive ketones (excluding diaryl/α,β-unsaturated/α-hetero) is 1. The lowest BCUT2D eigenvalue weighted by Crippen LogP contribution is -2.53. The van der Waals surface area contributed by atoms with E-state index in [0.717, 1.165) is 30.1 Å². The molecule has 0 amide bonds. The van der Waals surface area contributed by atoms with E-state index in [1.807, 2.05) is 6.07 Å². The molecule has 0 spiro atoms. The molecule has 3 unspecified atom stereocenters. The minimum Gasteiger partial charge on any atom is -0.294 e. The van der Waals surface area contributed by atoms with Gasteiger partial charge in [0.2, 0.25) is 0 Å². The first-order valence-electron chi connectivity index (χ1n) is 12.5. The summed E-state index contributed by atoms with van der Waals surface area (Å²) in [5.41, 5.74) is 1.84. The van der Waals surface area contributed by atoms with Gasteiger partial charge in [-0.2, -0.15) is 0 Å². The second-order valence-corrected chi connectivity index (χ2v) is 12.0. The summed E-state index contributed by atoms with van der Waals surface area (Å²) in [7, 11) is 0. The molecule has 2 heteroatoms. The summed E-state index contributed by atoms with van der Waals surface area (Å²) in [6, 6.07) is 5.09. The molecular formula is C28H39FO. The van der Waals surface area contributed by atoms with Crippen LogP contribution >= 0.6 is 0 Å². The average Bonchev–Trinajstić information content (AvgIpc) is 3.07. The summed E-state index contributed by atoms with van der Waals surface area (Å²) in [4.78, 5) is 13.5. The van der Waals surface area contributed by atoms with Crippen LogP contribution in [0.15, 0.2) is 18.2 Å². The standard InChI is InChI=1S/C28H39FO/c1-17-11-13-27(3)20(15-17)7-8-21-22-9-10-24(28(22,4)14-12-23(21)27)26(30)19-6-5-18(2)25(29)16-19/h5-6,16-17,20-24H,7-15H2,1-4H3/t17-,20?,21-,22?,23?,24+,27-,28-/m0/s1. The molecule has 8 atom stereocenters. The van der Waals surface area contributed by atoms with E-state index in [2.05, 4.69) is 20.8 Å². The molecule has 5 rings (SSSR count). The Labute approximate surface area is 182 Å². The number of carbonyl (C=O) groups excluding carboxylic acids is 1. The van der Waals surface area contributed by atoms with E-state index in [-0.39, 0.29) is 22.9 Å². The first-order chi connectivity index (χ1) is 14.2. The third-order valence-corrected chi connectivity index (χ3v) is 10.7. The van der Waals surface area contributed by atoms with Crippen LogP contribution in [0.25, 0.3) is 0 Å². The second-order valence-electron chi connectivity index (χ2n) is 12.0. The third kappa shape index (κ3) is 2.95. The van der Waals surface area contributed by atoms with E-state index >= 15 is 0 Å². The molecule has 164 valence electrons. The maximum Gasteiger partial charge on any atom is 0.166 e. The highest BCUT2D eigenvalue weighted by Crippen LogP contribution is 2.68. The molecule has 4 aliphatic rings. The van der Waals surface area contributed by atoms with E-state index in [1.165, 1.54) is 57.4 Å². The van der Waals surface area contributed by atoms with Gasteiger partial charge in [0, 0.05) is 11.5 Å². The molecule has 0 radical (unpaired) electrons. The summed E-state index contributed by atoms with van der Waals surface area (Å²) in [6.07, 6.45) is 11.7. The number of carbonyl (C=O) groups is 1. The molecule has 0 heterocycles. The highest BCUT2D eigenvalue weighted by atomic mass is 19.1. The maximum absolute atomic E-state index is 14.2. The Morgan fingerprint density at radius 3 is 2.47 bits per heavy atom. The molecule has 0 saturated heterocycles. The Morgan fingerprint density at radius 1 is 0.967 bits per heavy atom. The third-order valence-electron chi connectivity index (χ3n) is 10.7. The maximum atomic E-state index is 14.2. The summed E-state index contributed by atoms with van der Waals surface area (Å²) in [6.45, 7) is 9.24. The molecule has 0 aliphatic heterocycles. The van der Waals surface area contributed by atoms with E-state index < -0.39 is 0 Å². The van der Waals surface area contributed by atoms with Crippen LogP contribution in [0.1, 0.15) is 94.5 Å². The van der Waals surface area contributed by atoms with Gasteiger partial charge in [-0.3, -0.25) is 4.79 Å². The molecule has 0 bridgehead atoms. The van der Waals surface area contributed by atoms with Gasteiger partial charge < -0.3 is 0 Å². The van der Waals surface area contributed by atoms with Crippen LogP contribution in [0.4, 0.5) is 4.39 Å². The van der Waals surface area contributed by atoms with Crippen molar-refractivity contribution in [3.05, 3.63) is 35.1 Å². The summed E-state index contributed by atoms with van der Waals surface area (Å²) >= 11 is 0. The van der Waals surface area contributed by atoms with Crippen molar-refractivity contribution in [2.75, 3.05) is 0 Å². The van der Waals surface area contributed by atoms with Crippen LogP contribution in [0.3, 0.4) is 0 Å². The van der Waals surface area contributed by atoms with Crippen LogP contribution in [0.2, 0.25) is 0 Å². The molecule has 0 N–H and O–H groups in total. The lowest BCUT2D eigenvalue weighted by atomic mass is 9.44. The first-order valence-corrected chi connectivity index (χ1v) is 12.5. The largest absolute Gasteiger partial charge is 0.294 e. The highest BCUT2D eigenvalue weighted by molar-refractivity contribution is 5.98. The topological polar surface area (TPSA) is 17.1 Å². The zero-order valence-corrected chi connectivity index (χ0v) is 19.3. The number of fused-ring (bicyclic) bond motifs is 5. The number of hydrogen-bond donors (Lipinski definition) is 0. The fraction of sp³-hybridized carbons (Fsp3) is 0.750. The monoisotopic (exact) mass is 410 g/mol. The second kappa shape index (κ2) is 7.17. The zero-order valence-electron chi connectivity index (χ0n) is 19.3. The SMILES string of the molecule is Cc1ccc(C(=O)[C@H]2CCC3[C@@H]4CCC5C[C@@H](C)CC[C@]5(C)C4CC[C@@]32C)cc1F. The van der Waals surface area contributed by atoms with E-state index in [9.17, 15) is 9.18 Å². The molecule has 1 aromatic rings. The highest BCUT2D eigenvalue weighted by Gasteiger charge is 2.61. The number of halogens is 1. The minimum absolute atomic E-state index is 0.0717. The van der Waals surface area contributed by atoms with Gasteiger partial charge in [-0.05, 0) is 110 Å². The first kappa shape index (κ1) is 20.7. The fourth-order valence-corrected chi connectivity index (χ4v) is 8.85. The number of ketones is 1. The van der Waals surface area contributed by atoms with Crippen molar-refractivity contribution in [1.29, 1.82) is 0 Å². The molecular weight excluding hydrogens is 371 g/mol.